The predicted molar refractivity (Wildman–Crippen MR) is 70.2 cm³/mol. The van der Waals surface area contributed by atoms with Gasteiger partial charge in [-0.3, -0.25) is 4.90 Å². The van der Waals surface area contributed by atoms with Gasteiger partial charge in [-0.05, 0) is 24.1 Å². The fraction of sp³-hybridized carbons (Fsp3) is 0.571. The van der Waals surface area contributed by atoms with E-state index < -0.39 is 0 Å². The first-order valence-corrected chi connectivity index (χ1v) is 6.55. The molecular formula is C14H22N2O. The molecule has 94 valence electrons. The van der Waals surface area contributed by atoms with E-state index in [1.165, 1.54) is 18.4 Å². The third-order valence-corrected chi connectivity index (χ3v) is 3.43. The van der Waals surface area contributed by atoms with Crippen LogP contribution in [0.3, 0.4) is 0 Å². The van der Waals surface area contributed by atoms with E-state index in [4.69, 9.17) is 0 Å². The summed E-state index contributed by atoms with van der Waals surface area (Å²) in [5.74, 6) is 0.351. The van der Waals surface area contributed by atoms with E-state index in [2.05, 4.69) is 29.3 Å². The van der Waals surface area contributed by atoms with Crippen LogP contribution in [0, 0.1) is 0 Å². The molecule has 0 spiro atoms. The second-order valence-electron chi connectivity index (χ2n) is 4.68. The highest BCUT2D eigenvalue weighted by molar-refractivity contribution is 5.28. The van der Waals surface area contributed by atoms with Crippen LogP contribution in [0.15, 0.2) is 24.3 Å². The summed E-state index contributed by atoms with van der Waals surface area (Å²) in [6.07, 6.45) is 2.38. The Kier molecular flexibility index (Phi) is 4.40. The highest BCUT2D eigenvalue weighted by atomic mass is 16.3. The second-order valence-corrected chi connectivity index (χ2v) is 4.68. The Bertz CT molecular complexity index is 331. The van der Waals surface area contributed by atoms with Gasteiger partial charge in [0.2, 0.25) is 0 Å². The molecule has 2 rings (SSSR count). The van der Waals surface area contributed by atoms with Crippen LogP contribution in [0.4, 0.5) is 0 Å². The molecule has 1 aromatic rings. The standard InChI is InChI=1S/C14H22N2O/c1-2-3-14(16-10-8-15-9-11-16)12-4-6-13(17)7-5-12/h4-7,14-15,17H,2-3,8-11H2,1H3/t14-/m0/s1. The number of hydrogen-bond donors (Lipinski definition) is 2. The molecule has 2 N–H and O–H groups in total. The molecule has 1 atom stereocenters. The van der Waals surface area contributed by atoms with Crippen LogP contribution in [0.5, 0.6) is 5.75 Å². The third kappa shape index (κ3) is 3.20. The van der Waals surface area contributed by atoms with E-state index in [1.807, 2.05) is 0 Å². The maximum atomic E-state index is 9.36. The fourth-order valence-electron chi connectivity index (χ4n) is 2.52. The lowest BCUT2D eigenvalue weighted by Crippen LogP contribution is -2.45. The van der Waals surface area contributed by atoms with E-state index in [1.54, 1.807) is 12.1 Å². The molecule has 1 aliphatic heterocycles. The van der Waals surface area contributed by atoms with Crippen LogP contribution >= 0.6 is 0 Å². The van der Waals surface area contributed by atoms with E-state index in [0.29, 0.717) is 11.8 Å². The molecule has 0 aliphatic carbocycles. The number of phenolic OH excluding ortho intramolecular Hbond substituents is 1. The van der Waals surface area contributed by atoms with Crippen molar-refractivity contribution in [1.82, 2.24) is 10.2 Å². The molecule has 3 heteroatoms. The van der Waals surface area contributed by atoms with Crippen LogP contribution in [0.1, 0.15) is 31.4 Å². The van der Waals surface area contributed by atoms with E-state index in [9.17, 15) is 5.11 Å². The number of rotatable bonds is 4. The lowest BCUT2D eigenvalue weighted by atomic mass is 10.00. The Morgan fingerprint density at radius 1 is 1.24 bits per heavy atom. The summed E-state index contributed by atoms with van der Waals surface area (Å²) < 4.78 is 0. The first kappa shape index (κ1) is 12.4. The van der Waals surface area contributed by atoms with Crippen LogP contribution in [-0.4, -0.2) is 36.2 Å². The Morgan fingerprint density at radius 2 is 1.88 bits per heavy atom. The molecule has 0 saturated carbocycles. The van der Waals surface area contributed by atoms with Crippen molar-refractivity contribution in [3.8, 4) is 5.75 Å². The summed E-state index contributed by atoms with van der Waals surface area (Å²) in [5, 5.41) is 12.7. The maximum Gasteiger partial charge on any atom is 0.115 e. The normalized spacial score (nSPS) is 19.1. The minimum atomic E-state index is 0.351. The first-order chi connectivity index (χ1) is 8.31. The van der Waals surface area contributed by atoms with Crippen molar-refractivity contribution in [2.24, 2.45) is 0 Å². The molecule has 0 radical (unpaired) electrons. The Morgan fingerprint density at radius 3 is 2.47 bits per heavy atom. The summed E-state index contributed by atoms with van der Waals surface area (Å²) in [4.78, 5) is 2.55. The number of aromatic hydroxyl groups is 1. The molecule has 0 unspecified atom stereocenters. The number of phenols is 1. The van der Waals surface area contributed by atoms with Gasteiger partial charge in [0.15, 0.2) is 0 Å². The highest BCUT2D eigenvalue weighted by Gasteiger charge is 2.21. The zero-order valence-electron chi connectivity index (χ0n) is 10.5. The second kappa shape index (κ2) is 6.03. The van der Waals surface area contributed by atoms with Gasteiger partial charge >= 0.3 is 0 Å². The largest absolute Gasteiger partial charge is 0.508 e. The zero-order valence-corrected chi connectivity index (χ0v) is 10.5. The number of hydrogen-bond acceptors (Lipinski definition) is 3. The summed E-state index contributed by atoms with van der Waals surface area (Å²) in [6.45, 7) is 6.63. The van der Waals surface area contributed by atoms with Gasteiger partial charge in [0.25, 0.3) is 0 Å². The van der Waals surface area contributed by atoms with Crippen molar-refractivity contribution in [2.75, 3.05) is 26.2 Å². The quantitative estimate of drug-likeness (QED) is 0.838. The van der Waals surface area contributed by atoms with Gasteiger partial charge in [0.1, 0.15) is 5.75 Å². The van der Waals surface area contributed by atoms with Crippen LogP contribution in [-0.2, 0) is 0 Å². The Labute approximate surface area is 103 Å². The van der Waals surface area contributed by atoms with Crippen molar-refractivity contribution >= 4 is 0 Å². The van der Waals surface area contributed by atoms with Gasteiger partial charge in [0, 0.05) is 32.2 Å². The monoisotopic (exact) mass is 234 g/mol. The average Bonchev–Trinajstić information content (AvgIpc) is 2.38. The molecular weight excluding hydrogens is 212 g/mol. The van der Waals surface area contributed by atoms with E-state index in [0.717, 1.165) is 26.2 Å². The summed E-state index contributed by atoms with van der Waals surface area (Å²) in [5.41, 5.74) is 1.33. The smallest absolute Gasteiger partial charge is 0.115 e. The van der Waals surface area contributed by atoms with E-state index in [-0.39, 0.29) is 0 Å². The van der Waals surface area contributed by atoms with Crippen molar-refractivity contribution in [1.29, 1.82) is 0 Å². The van der Waals surface area contributed by atoms with Gasteiger partial charge in [0.05, 0.1) is 0 Å². The topological polar surface area (TPSA) is 35.5 Å². The molecule has 3 nitrogen and oxygen atoms in total. The molecule has 1 fully saturated rings. The van der Waals surface area contributed by atoms with Gasteiger partial charge in [-0.25, -0.2) is 0 Å². The lowest BCUT2D eigenvalue weighted by Gasteiger charge is -2.35. The predicted octanol–water partition coefficient (Wildman–Crippen LogP) is 2.14. The molecule has 1 aromatic carbocycles. The van der Waals surface area contributed by atoms with Crippen LogP contribution < -0.4 is 5.32 Å². The number of nitrogens with one attached hydrogen (secondary N) is 1. The molecule has 1 heterocycles. The van der Waals surface area contributed by atoms with Gasteiger partial charge in [-0.2, -0.15) is 0 Å². The SMILES string of the molecule is CCC[C@@H](c1ccc(O)cc1)N1CCNCC1. The molecule has 17 heavy (non-hydrogen) atoms. The molecule has 1 saturated heterocycles. The lowest BCUT2D eigenvalue weighted by molar-refractivity contribution is 0.164. The third-order valence-electron chi connectivity index (χ3n) is 3.43. The van der Waals surface area contributed by atoms with Gasteiger partial charge in [-0.15, -0.1) is 0 Å². The van der Waals surface area contributed by atoms with Crippen LogP contribution in [0.25, 0.3) is 0 Å². The summed E-state index contributed by atoms with van der Waals surface area (Å²) >= 11 is 0. The molecule has 1 aliphatic rings. The first-order valence-electron chi connectivity index (χ1n) is 6.55. The average molecular weight is 234 g/mol. The summed E-state index contributed by atoms with van der Waals surface area (Å²) in [6, 6.07) is 8.19. The number of benzene rings is 1. The van der Waals surface area contributed by atoms with Crippen molar-refractivity contribution in [2.45, 2.75) is 25.8 Å². The zero-order chi connectivity index (χ0) is 12.1. The van der Waals surface area contributed by atoms with E-state index >= 15 is 0 Å². The Balaban J connectivity index is 2.12. The van der Waals surface area contributed by atoms with Crippen molar-refractivity contribution in [3.05, 3.63) is 29.8 Å². The highest BCUT2D eigenvalue weighted by Crippen LogP contribution is 2.27. The minimum absolute atomic E-state index is 0.351. The minimum Gasteiger partial charge on any atom is -0.508 e. The van der Waals surface area contributed by atoms with Crippen molar-refractivity contribution < 1.29 is 5.11 Å². The molecule has 0 aromatic heterocycles. The van der Waals surface area contributed by atoms with Gasteiger partial charge in [-0.1, -0.05) is 25.5 Å². The van der Waals surface area contributed by atoms with Gasteiger partial charge < -0.3 is 10.4 Å². The number of nitrogens with zero attached hydrogens (tertiary/aromatic N) is 1. The Hall–Kier alpha value is -1.06. The molecule has 0 amide bonds. The fourth-order valence-corrected chi connectivity index (χ4v) is 2.52. The summed E-state index contributed by atoms with van der Waals surface area (Å²) in [7, 11) is 0. The molecule has 0 bridgehead atoms. The maximum absolute atomic E-state index is 9.36. The van der Waals surface area contributed by atoms with Crippen LogP contribution in [0.2, 0.25) is 0 Å². The number of piperazine rings is 1. The van der Waals surface area contributed by atoms with Crippen molar-refractivity contribution in [3.63, 3.8) is 0 Å².